The number of hydrogen-bond acceptors (Lipinski definition) is 4. The molecule has 1 aromatic heterocycles. The molecule has 2 atom stereocenters. The fraction of sp³-hybridized carbons (Fsp3) is 0.381. The van der Waals surface area contributed by atoms with Crippen molar-refractivity contribution >= 4 is 12.8 Å². The van der Waals surface area contributed by atoms with Crippen molar-refractivity contribution in [1.82, 2.24) is 4.57 Å². The minimum absolute atomic E-state index is 0.140. The van der Waals surface area contributed by atoms with Gasteiger partial charge in [-0.3, -0.25) is 4.99 Å². The zero-order valence-corrected chi connectivity index (χ0v) is 15.7. The standard InChI is InChI=1S/C21H27N3O2/c1-14-11-21(23-20-9-10-26-16(20)3)19(12-22)15(2)24(14)13-17-5-7-18(25-4)8-6-17/h5-8,11-12,16,20H,2,9-10,13,22H2,1,3-4H3. The minimum atomic E-state index is 0.140. The first kappa shape index (κ1) is 18.3. The van der Waals surface area contributed by atoms with Crippen LogP contribution in [0.1, 0.15) is 24.6 Å². The molecule has 1 aromatic carbocycles. The van der Waals surface area contributed by atoms with Gasteiger partial charge in [0.25, 0.3) is 0 Å². The Bertz CT molecular complexity index is 945. The van der Waals surface area contributed by atoms with Gasteiger partial charge in [0.1, 0.15) is 5.75 Å². The molecule has 0 amide bonds. The molecule has 1 saturated heterocycles. The van der Waals surface area contributed by atoms with Crippen LogP contribution in [0.15, 0.2) is 35.3 Å². The van der Waals surface area contributed by atoms with Gasteiger partial charge in [0.05, 0.1) is 24.6 Å². The second kappa shape index (κ2) is 7.79. The van der Waals surface area contributed by atoms with Crippen molar-refractivity contribution in [1.29, 1.82) is 0 Å². The van der Waals surface area contributed by atoms with Crippen molar-refractivity contribution < 1.29 is 9.47 Å². The molecule has 2 N–H and O–H groups in total. The SMILES string of the molecule is C=c1c(=CN)c(=NC2CCOC2C)cc(C)n1Cc1ccc(OC)cc1. The summed E-state index contributed by atoms with van der Waals surface area (Å²) in [5.41, 5.74) is 8.20. The van der Waals surface area contributed by atoms with Gasteiger partial charge in [0.2, 0.25) is 0 Å². The Hall–Kier alpha value is -2.53. The molecule has 0 bridgehead atoms. The van der Waals surface area contributed by atoms with Crippen LogP contribution < -0.4 is 26.4 Å². The van der Waals surface area contributed by atoms with Crippen LogP contribution in [0, 0.1) is 6.92 Å². The number of pyridine rings is 1. The Labute approximate surface area is 154 Å². The fourth-order valence-corrected chi connectivity index (χ4v) is 3.35. The molecule has 0 saturated carbocycles. The summed E-state index contributed by atoms with van der Waals surface area (Å²) in [7, 11) is 1.67. The number of benzene rings is 1. The average molecular weight is 353 g/mol. The van der Waals surface area contributed by atoms with Gasteiger partial charge in [-0.05, 0) is 44.0 Å². The zero-order valence-electron chi connectivity index (χ0n) is 15.7. The highest BCUT2D eigenvalue weighted by Crippen LogP contribution is 2.15. The average Bonchev–Trinajstić information content (AvgIpc) is 3.04. The van der Waals surface area contributed by atoms with Crippen LogP contribution >= 0.6 is 0 Å². The van der Waals surface area contributed by atoms with Gasteiger partial charge in [0.15, 0.2) is 0 Å². The third-order valence-electron chi connectivity index (χ3n) is 4.99. The fourth-order valence-electron chi connectivity index (χ4n) is 3.35. The van der Waals surface area contributed by atoms with E-state index in [1.807, 2.05) is 12.1 Å². The van der Waals surface area contributed by atoms with Crippen molar-refractivity contribution in [2.45, 2.75) is 39.0 Å². The number of nitrogens with two attached hydrogens (primary N) is 1. The molecule has 1 fully saturated rings. The lowest BCUT2D eigenvalue weighted by Crippen LogP contribution is -2.47. The largest absolute Gasteiger partial charge is 0.497 e. The van der Waals surface area contributed by atoms with E-state index in [1.165, 1.54) is 5.56 Å². The summed E-state index contributed by atoms with van der Waals surface area (Å²) in [4.78, 5) is 4.90. The number of nitrogens with zero attached hydrogens (tertiary/aromatic N) is 2. The van der Waals surface area contributed by atoms with Crippen molar-refractivity contribution in [3.63, 3.8) is 0 Å². The van der Waals surface area contributed by atoms with Gasteiger partial charge in [-0.2, -0.15) is 0 Å². The molecule has 5 heteroatoms. The maximum Gasteiger partial charge on any atom is 0.118 e. The second-order valence-corrected chi connectivity index (χ2v) is 6.69. The lowest BCUT2D eigenvalue weighted by atomic mass is 10.1. The topological polar surface area (TPSA) is 61.8 Å². The number of ether oxygens (including phenoxy) is 2. The zero-order chi connectivity index (χ0) is 18.7. The molecule has 3 rings (SSSR count). The molecule has 138 valence electrons. The molecule has 0 aliphatic carbocycles. The summed E-state index contributed by atoms with van der Waals surface area (Å²) in [6.07, 6.45) is 2.68. The highest BCUT2D eigenvalue weighted by molar-refractivity contribution is 5.29. The number of aromatic nitrogens is 1. The van der Waals surface area contributed by atoms with E-state index >= 15 is 0 Å². The van der Waals surface area contributed by atoms with E-state index in [9.17, 15) is 0 Å². The molecule has 26 heavy (non-hydrogen) atoms. The maximum atomic E-state index is 5.92. The van der Waals surface area contributed by atoms with E-state index in [2.05, 4.69) is 43.2 Å². The van der Waals surface area contributed by atoms with Crippen LogP contribution in [0.5, 0.6) is 5.75 Å². The van der Waals surface area contributed by atoms with Gasteiger partial charge >= 0.3 is 0 Å². The third-order valence-corrected chi connectivity index (χ3v) is 4.99. The van der Waals surface area contributed by atoms with Crippen LogP contribution in [-0.2, 0) is 11.3 Å². The van der Waals surface area contributed by atoms with Crippen molar-refractivity contribution in [3.8, 4) is 5.75 Å². The molecular formula is C21H27N3O2. The first-order chi connectivity index (χ1) is 12.5. The summed E-state index contributed by atoms with van der Waals surface area (Å²) >= 11 is 0. The predicted molar refractivity (Wildman–Crippen MR) is 104 cm³/mol. The lowest BCUT2D eigenvalue weighted by molar-refractivity contribution is 0.119. The molecule has 2 heterocycles. The quantitative estimate of drug-likeness (QED) is 0.893. The molecule has 0 radical (unpaired) electrons. The van der Waals surface area contributed by atoms with E-state index in [4.69, 9.17) is 20.2 Å². The Balaban J connectivity index is 2.02. The van der Waals surface area contributed by atoms with E-state index < -0.39 is 0 Å². The van der Waals surface area contributed by atoms with Crippen LogP contribution in [0.25, 0.3) is 12.8 Å². The lowest BCUT2D eigenvalue weighted by Gasteiger charge is -2.14. The number of rotatable bonds is 4. The van der Waals surface area contributed by atoms with E-state index in [0.29, 0.717) is 0 Å². The highest BCUT2D eigenvalue weighted by Gasteiger charge is 2.23. The van der Waals surface area contributed by atoms with E-state index in [-0.39, 0.29) is 12.1 Å². The van der Waals surface area contributed by atoms with Gasteiger partial charge in [-0.15, -0.1) is 0 Å². The number of hydrogen-bond donors (Lipinski definition) is 1. The summed E-state index contributed by atoms with van der Waals surface area (Å²) in [6.45, 7) is 9.90. The Morgan fingerprint density at radius 3 is 2.69 bits per heavy atom. The van der Waals surface area contributed by atoms with Crippen LogP contribution in [0.4, 0.5) is 0 Å². The number of methoxy groups -OCH3 is 1. The monoisotopic (exact) mass is 353 g/mol. The molecule has 1 aliphatic rings. The highest BCUT2D eigenvalue weighted by atomic mass is 16.5. The van der Waals surface area contributed by atoms with Gasteiger partial charge in [0, 0.05) is 35.6 Å². The number of aryl methyl sites for hydroxylation is 1. The summed E-state index contributed by atoms with van der Waals surface area (Å²) in [5, 5.41) is 2.64. The molecule has 2 aromatic rings. The van der Waals surface area contributed by atoms with Crippen LogP contribution in [0.2, 0.25) is 0 Å². The van der Waals surface area contributed by atoms with Crippen molar-refractivity contribution in [2.24, 2.45) is 10.7 Å². The van der Waals surface area contributed by atoms with Gasteiger partial charge in [-0.25, -0.2) is 0 Å². The molecule has 0 spiro atoms. The van der Waals surface area contributed by atoms with Gasteiger partial charge in [-0.1, -0.05) is 18.7 Å². The molecular weight excluding hydrogens is 326 g/mol. The minimum Gasteiger partial charge on any atom is -0.497 e. The van der Waals surface area contributed by atoms with E-state index in [0.717, 1.165) is 46.9 Å². The maximum absolute atomic E-state index is 5.92. The summed E-state index contributed by atoms with van der Waals surface area (Å²) < 4.78 is 13.0. The molecule has 2 unspecified atom stereocenters. The van der Waals surface area contributed by atoms with Crippen LogP contribution in [-0.4, -0.2) is 30.4 Å². The third kappa shape index (κ3) is 3.68. The smallest absolute Gasteiger partial charge is 0.118 e. The summed E-state index contributed by atoms with van der Waals surface area (Å²) in [5.74, 6) is 0.850. The van der Waals surface area contributed by atoms with Crippen molar-refractivity contribution in [2.75, 3.05) is 13.7 Å². The molecule has 5 nitrogen and oxygen atoms in total. The molecule has 1 aliphatic heterocycles. The van der Waals surface area contributed by atoms with Crippen LogP contribution in [0.3, 0.4) is 0 Å². The van der Waals surface area contributed by atoms with Gasteiger partial charge < -0.3 is 19.8 Å². The Morgan fingerprint density at radius 1 is 1.38 bits per heavy atom. The Morgan fingerprint density at radius 2 is 2.12 bits per heavy atom. The summed E-state index contributed by atoms with van der Waals surface area (Å²) in [6, 6.07) is 10.3. The second-order valence-electron chi connectivity index (χ2n) is 6.69. The predicted octanol–water partition coefficient (Wildman–Crippen LogP) is 1.04. The normalized spacial score (nSPS) is 21.3. The van der Waals surface area contributed by atoms with Crippen molar-refractivity contribution in [3.05, 3.63) is 57.5 Å². The van der Waals surface area contributed by atoms with E-state index in [1.54, 1.807) is 13.3 Å². The Kier molecular flexibility index (Phi) is 5.47. The first-order valence-electron chi connectivity index (χ1n) is 8.93. The first-order valence-corrected chi connectivity index (χ1v) is 8.93.